The van der Waals surface area contributed by atoms with Gasteiger partial charge in [-0.3, -0.25) is 0 Å². The number of nitrogens with one attached hydrogen (secondary N) is 1. The van der Waals surface area contributed by atoms with E-state index in [2.05, 4.69) is 51.1 Å². The van der Waals surface area contributed by atoms with Gasteiger partial charge in [-0.15, -0.1) is 0 Å². The number of hydrogen-bond donors (Lipinski definition) is 1. The Hall–Kier alpha value is -2.72. The minimum Gasteiger partial charge on any atom is -0.371 e. The standard InChI is InChI=1S/C18H23N7/c1-13-10-21-17(23-18-12-20-14(9-19)11-22-18)8-16(13)25(3)15-4-6-24(2)7-5-15/h8,10-12,15H,4-7H2,1-3H3,(H,21,22,23). The van der Waals surface area contributed by atoms with E-state index in [0.29, 0.717) is 17.6 Å². The molecule has 2 aromatic rings. The first-order valence-corrected chi connectivity index (χ1v) is 8.44. The third-order valence-corrected chi connectivity index (χ3v) is 4.71. The Kier molecular flexibility index (Phi) is 5.10. The fourth-order valence-electron chi connectivity index (χ4n) is 3.12. The molecule has 0 spiro atoms. The average molecular weight is 337 g/mol. The number of piperidine rings is 1. The monoisotopic (exact) mass is 337 g/mol. The second kappa shape index (κ2) is 7.45. The van der Waals surface area contributed by atoms with Crippen molar-refractivity contribution in [1.82, 2.24) is 19.9 Å². The first-order valence-electron chi connectivity index (χ1n) is 8.44. The van der Waals surface area contributed by atoms with Crippen molar-refractivity contribution in [2.45, 2.75) is 25.8 Å². The summed E-state index contributed by atoms with van der Waals surface area (Å²) in [5.41, 5.74) is 2.62. The van der Waals surface area contributed by atoms with Crippen molar-refractivity contribution in [2.75, 3.05) is 37.4 Å². The highest BCUT2D eigenvalue weighted by Gasteiger charge is 2.22. The highest BCUT2D eigenvalue weighted by atomic mass is 15.2. The molecule has 1 saturated heterocycles. The summed E-state index contributed by atoms with van der Waals surface area (Å²) in [5, 5.41) is 12.0. The van der Waals surface area contributed by atoms with Crippen LogP contribution in [0, 0.1) is 18.3 Å². The van der Waals surface area contributed by atoms with Crippen LogP contribution in [-0.2, 0) is 0 Å². The lowest BCUT2D eigenvalue weighted by Gasteiger charge is -2.37. The summed E-state index contributed by atoms with van der Waals surface area (Å²) in [6.45, 7) is 4.34. The largest absolute Gasteiger partial charge is 0.371 e. The van der Waals surface area contributed by atoms with Crippen LogP contribution in [0.4, 0.5) is 17.3 Å². The quantitative estimate of drug-likeness (QED) is 0.917. The molecular formula is C18H23N7. The Labute approximate surface area is 148 Å². The maximum absolute atomic E-state index is 8.79. The van der Waals surface area contributed by atoms with Crippen LogP contribution in [0.25, 0.3) is 0 Å². The van der Waals surface area contributed by atoms with E-state index in [1.54, 1.807) is 6.20 Å². The van der Waals surface area contributed by atoms with Crippen LogP contribution in [0.2, 0.25) is 0 Å². The number of nitrogens with zero attached hydrogens (tertiary/aromatic N) is 6. The highest BCUT2D eigenvalue weighted by Crippen LogP contribution is 2.27. The third-order valence-electron chi connectivity index (χ3n) is 4.71. The van der Waals surface area contributed by atoms with Crippen LogP contribution in [0.1, 0.15) is 24.1 Å². The van der Waals surface area contributed by atoms with E-state index in [-0.39, 0.29) is 0 Å². The van der Waals surface area contributed by atoms with Crippen molar-refractivity contribution >= 4 is 17.3 Å². The highest BCUT2D eigenvalue weighted by molar-refractivity contribution is 5.62. The normalized spacial score (nSPS) is 15.6. The van der Waals surface area contributed by atoms with Gasteiger partial charge in [-0.25, -0.2) is 15.0 Å². The van der Waals surface area contributed by atoms with Gasteiger partial charge >= 0.3 is 0 Å². The molecule has 130 valence electrons. The zero-order valence-electron chi connectivity index (χ0n) is 14.9. The molecule has 3 heterocycles. The fourth-order valence-corrected chi connectivity index (χ4v) is 3.12. The first-order chi connectivity index (χ1) is 12.1. The van der Waals surface area contributed by atoms with E-state index >= 15 is 0 Å². The Morgan fingerprint density at radius 3 is 2.52 bits per heavy atom. The molecule has 1 fully saturated rings. The Morgan fingerprint density at radius 2 is 1.88 bits per heavy atom. The van der Waals surface area contributed by atoms with Crippen molar-refractivity contribution in [1.29, 1.82) is 5.26 Å². The molecule has 2 aromatic heterocycles. The van der Waals surface area contributed by atoms with E-state index < -0.39 is 0 Å². The number of anilines is 3. The van der Waals surface area contributed by atoms with E-state index in [4.69, 9.17) is 5.26 Å². The van der Waals surface area contributed by atoms with Crippen LogP contribution in [0.15, 0.2) is 24.7 Å². The Morgan fingerprint density at radius 1 is 1.16 bits per heavy atom. The number of aryl methyl sites for hydroxylation is 1. The SMILES string of the molecule is Cc1cnc(Nc2cnc(C#N)cn2)cc1N(C)C1CCN(C)CC1. The molecule has 0 atom stereocenters. The second-order valence-electron chi connectivity index (χ2n) is 6.53. The van der Waals surface area contributed by atoms with Crippen LogP contribution in [0.5, 0.6) is 0 Å². The summed E-state index contributed by atoms with van der Waals surface area (Å²) in [5.74, 6) is 1.29. The number of nitriles is 1. The minimum absolute atomic E-state index is 0.296. The smallest absolute Gasteiger partial charge is 0.158 e. The zero-order chi connectivity index (χ0) is 17.8. The molecule has 1 aliphatic heterocycles. The minimum atomic E-state index is 0.296. The topological polar surface area (TPSA) is 81.0 Å². The summed E-state index contributed by atoms with van der Waals surface area (Å²) in [7, 11) is 4.33. The van der Waals surface area contributed by atoms with Gasteiger partial charge in [-0.2, -0.15) is 5.26 Å². The molecule has 0 aromatic carbocycles. The average Bonchev–Trinajstić information content (AvgIpc) is 2.64. The van der Waals surface area contributed by atoms with Crippen molar-refractivity contribution in [3.05, 3.63) is 35.9 Å². The molecule has 0 aliphatic carbocycles. The van der Waals surface area contributed by atoms with Gasteiger partial charge in [-0.1, -0.05) is 0 Å². The van der Waals surface area contributed by atoms with Gasteiger partial charge in [0.1, 0.15) is 17.7 Å². The van der Waals surface area contributed by atoms with E-state index in [0.717, 1.165) is 24.5 Å². The lowest BCUT2D eigenvalue weighted by atomic mass is 10.0. The third kappa shape index (κ3) is 4.03. The summed E-state index contributed by atoms with van der Waals surface area (Å²) in [6, 6.07) is 4.55. The summed E-state index contributed by atoms with van der Waals surface area (Å²) in [6.07, 6.45) is 7.19. The number of rotatable bonds is 4. The summed E-state index contributed by atoms with van der Waals surface area (Å²) < 4.78 is 0. The van der Waals surface area contributed by atoms with E-state index in [9.17, 15) is 0 Å². The maximum Gasteiger partial charge on any atom is 0.158 e. The Bertz CT molecular complexity index is 758. The molecular weight excluding hydrogens is 314 g/mol. The fraction of sp³-hybridized carbons (Fsp3) is 0.444. The van der Waals surface area contributed by atoms with Crippen LogP contribution in [0.3, 0.4) is 0 Å². The number of aromatic nitrogens is 3. The first kappa shape index (κ1) is 17.1. The van der Waals surface area contributed by atoms with Gasteiger partial charge in [-0.05, 0) is 45.5 Å². The van der Waals surface area contributed by atoms with E-state index in [1.807, 2.05) is 18.3 Å². The van der Waals surface area contributed by atoms with Crippen molar-refractivity contribution in [3.63, 3.8) is 0 Å². The molecule has 1 aliphatic rings. The van der Waals surface area contributed by atoms with Gasteiger partial charge in [0, 0.05) is 31.0 Å². The Balaban J connectivity index is 1.76. The lowest BCUT2D eigenvalue weighted by molar-refractivity contribution is 0.253. The number of likely N-dealkylation sites (tertiary alicyclic amines) is 1. The molecule has 3 rings (SSSR count). The molecule has 1 N–H and O–H groups in total. The summed E-state index contributed by atoms with van der Waals surface area (Å²) >= 11 is 0. The number of pyridine rings is 1. The molecule has 0 unspecified atom stereocenters. The second-order valence-corrected chi connectivity index (χ2v) is 6.53. The van der Waals surface area contributed by atoms with Crippen molar-refractivity contribution < 1.29 is 0 Å². The van der Waals surface area contributed by atoms with Gasteiger partial charge < -0.3 is 15.1 Å². The molecule has 0 saturated carbocycles. The van der Waals surface area contributed by atoms with Crippen LogP contribution in [-0.4, -0.2) is 53.1 Å². The van der Waals surface area contributed by atoms with Gasteiger partial charge in [0.2, 0.25) is 0 Å². The maximum atomic E-state index is 8.79. The van der Waals surface area contributed by atoms with Crippen LogP contribution >= 0.6 is 0 Å². The van der Waals surface area contributed by atoms with Crippen molar-refractivity contribution in [2.24, 2.45) is 0 Å². The van der Waals surface area contributed by atoms with Gasteiger partial charge in [0.05, 0.1) is 12.4 Å². The lowest BCUT2D eigenvalue weighted by Crippen LogP contribution is -2.42. The summed E-state index contributed by atoms with van der Waals surface area (Å²) in [4.78, 5) is 17.4. The molecule has 7 heteroatoms. The van der Waals surface area contributed by atoms with Crippen LogP contribution < -0.4 is 10.2 Å². The van der Waals surface area contributed by atoms with Gasteiger partial charge in [0.15, 0.2) is 5.69 Å². The molecule has 7 nitrogen and oxygen atoms in total. The zero-order valence-corrected chi connectivity index (χ0v) is 14.9. The predicted octanol–water partition coefficient (Wildman–Crippen LogP) is 2.33. The van der Waals surface area contributed by atoms with E-state index in [1.165, 1.54) is 24.7 Å². The molecule has 0 radical (unpaired) electrons. The predicted molar refractivity (Wildman–Crippen MR) is 97.9 cm³/mol. The molecule has 25 heavy (non-hydrogen) atoms. The number of hydrogen-bond acceptors (Lipinski definition) is 7. The van der Waals surface area contributed by atoms with Gasteiger partial charge in [0.25, 0.3) is 0 Å². The van der Waals surface area contributed by atoms with Crippen molar-refractivity contribution in [3.8, 4) is 6.07 Å². The molecule has 0 bridgehead atoms. The molecule has 0 amide bonds.